The van der Waals surface area contributed by atoms with Crippen molar-refractivity contribution in [1.29, 1.82) is 0 Å². The van der Waals surface area contributed by atoms with E-state index in [2.05, 4.69) is 0 Å². The number of hydrogen-bond acceptors (Lipinski definition) is 6. The highest BCUT2D eigenvalue weighted by Gasteiger charge is 2.25. The number of rotatable bonds is 6. The summed E-state index contributed by atoms with van der Waals surface area (Å²) in [5.41, 5.74) is -0.152. The van der Waals surface area contributed by atoms with Crippen LogP contribution in [0.2, 0.25) is 0 Å². The van der Waals surface area contributed by atoms with Crippen molar-refractivity contribution in [3.63, 3.8) is 0 Å². The summed E-state index contributed by atoms with van der Waals surface area (Å²) in [6.45, 7) is 1.41. The topological polar surface area (TPSA) is 101 Å². The van der Waals surface area contributed by atoms with Crippen LogP contribution in [0.3, 0.4) is 0 Å². The fourth-order valence-corrected chi connectivity index (χ4v) is 2.24. The molecule has 0 radical (unpaired) electrons. The van der Waals surface area contributed by atoms with Crippen molar-refractivity contribution in [3.8, 4) is 0 Å². The Hall–Kier alpha value is -1.44. The lowest BCUT2D eigenvalue weighted by molar-refractivity contribution is -0.386. The van der Waals surface area contributed by atoms with Gasteiger partial charge in [-0.1, -0.05) is 23.9 Å². The van der Waals surface area contributed by atoms with Crippen molar-refractivity contribution in [2.75, 3.05) is 5.75 Å². The molecule has 104 valence electrons. The molecule has 0 aromatic heterocycles. The molecule has 7 heteroatoms. The fraction of sp³-hybridized carbons (Fsp3) is 0.417. The first-order valence-corrected chi connectivity index (χ1v) is 6.65. The van der Waals surface area contributed by atoms with Crippen molar-refractivity contribution < 1.29 is 19.9 Å². The molecule has 0 fully saturated rings. The van der Waals surface area contributed by atoms with Gasteiger partial charge in [0, 0.05) is 18.7 Å². The summed E-state index contributed by atoms with van der Waals surface area (Å²) in [4.78, 5) is 21.0. The summed E-state index contributed by atoms with van der Waals surface area (Å²) in [6, 6.07) is 5.73. The molecule has 1 aromatic rings. The van der Waals surface area contributed by atoms with Gasteiger partial charge in [0.25, 0.3) is 5.69 Å². The number of carbonyl (C=O) groups excluding carboxylic acids is 1. The van der Waals surface area contributed by atoms with E-state index in [4.69, 9.17) is 0 Å². The smallest absolute Gasteiger partial charge is 0.275 e. The zero-order chi connectivity index (χ0) is 14.4. The minimum absolute atomic E-state index is 0.0765. The van der Waals surface area contributed by atoms with E-state index in [0.29, 0.717) is 5.75 Å². The average molecular weight is 285 g/mol. The molecule has 0 saturated carbocycles. The number of benzene rings is 1. The summed E-state index contributed by atoms with van der Waals surface area (Å²) >= 11 is 1.04. The fourth-order valence-electron chi connectivity index (χ4n) is 1.59. The van der Waals surface area contributed by atoms with Crippen molar-refractivity contribution >= 4 is 22.6 Å². The van der Waals surface area contributed by atoms with Gasteiger partial charge in [0.1, 0.15) is 6.10 Å². The zero-order valence-electron chi connectivity index (χ0n) is 10.4. The van der Waals surface area contributed by atoms with Gasteiger partial charge in [0.2, 0.25) is 0 Å². The third kappa shape index (κ3) is 4.62. The van der Waals surface area contributed by atoms with E-state index in [1.54, 1.807) is 6.07 Å². The summed E-state index contributed by atoms with van der Waals surface area (Å²) in [5.74, 6) is 0.355. The Morgan fingerprint density at radius 2 is 2.05 bits per heavy atom. The third-order valence-corrected chi connectivity index (χ3v) is 3.38. The maximum atomic E-state index is 10.8. The number of aliphatic hydroxyl groups excluding tert-OH is 2. The SMILES string of the molecule is CC(=O)SCCC(O)C(O)c1ccccc1[N+](=O)[O-]. The van der Waals surface area contributed by atoms with Crippen LogP contribution in [0.1, 0.15) is 25.0 Å². The lowest BCUT2D eigenvalue weighted by Crippen LogP contribution is -2.20. The first kappa shape index (κ1) is 15.6. The van der Waals surface area contributed by atoms with Gasteiger partial charge in [-0.15, -0.1) is 0 Å². The molecule has 0 aliphatic heterocycles. The molecule has 0 aliphatic carbocycles. The molecule has 2 N–H and O–H groups in total. The van der Waals surface area contributed by atoms with Gasteiger partial charge in [0.05, 0.1) is 16.6 Å². The lowest BCUT2D eigenvalue weighted by Gasteiger charge is -2.17. The molecule has 2 atom stereocenters. The molecule has 2 unspecified atom stereocenters. The van der Waals surface area contributed by atoms with Gasteiger partial charge in [-0.05, 0) is 12.5 Å². The largest absolute Gasteiger partial charge is 0.390 e. The molecule has 0 aliphatic rings. The number of nitro benzene ring substituents is 1. The molecule has 6 nitrogen and oxygen atoms in total. The highest BCUT2D eigenvalue weighted by atomic mass is 32.2. The van der Waals surface area contributed by atoms with E-state index in [-0.39, 0.29) is 22.8 Å². The van der Waals surface area contributed by atoms with Crippen LogP contribution < -0.4 is 0 Å². The number of para-hydroxylation sites is 1. The van der Waals surface area contributed by atoms with E-state index < -0.39 is 17.1 Å². The highest BCUT2D eigenvalue weighted by Crippen LogP contribution is 2.28. The van der Waals surface area contributed by atoms with Gasteiger partial charge >= 0.3 is 0 Å². The molecule has 1 aromatic carbocycles. The Morgan fingerprint density at radius 3 is 2.63 bits per heavy atom. The molecule has 0 heterocycles. The zero-order valence-corrected chi connectivity index (χ0v) is 11.2. The van der Waals surface area contributed by atoms with Crippen LogP contribution in [-0.4, -0.2) is 32.1 Å². The van der Waals surface area contributed by atoms with Gasteiger partial charge in [-0.25, -0.2) is 0 Å². The second-order valence-corrected chi connectivity index (χ2v) is 5.23. The van der Waals surface area contributed by atoms with Crippen molar-refractivity contribution in [1.82, 2.24) is 0 Å². The van der Waals surface area contributed by atoms with E-state index >= 15 is 0 Å². The van der Waals surface area contributed by atoms with Gasteiger partial charge in [-0.2, -0.15) is 0 Å². The maximum absolute atomic E-state index is 10.8. The third-order valence-electron chi connectivity index (χ3n) is 2.54. The Labute approximate surface area is 114 Å². The van der Waals surface area contributed by atoms with Gasteiger partial charge < -0.3 is 10.2 Å². The number of nitro groups is 1. The van der Waals surface area contributed by atoms with Crippen molar-refractivity contribution in [2.45, 2.75) is 25.6 Å². The normalized spacial score (nSPS) is 13.8. The van der Waals surface area contributed by atoms with E-state index in [1.165, 1.54) is 25.1 Å². The molecule has 0 saturated heterocycles. The van der Waals surface area contributed by atoms with Crippen molar-refractivity contribution in [3.05, 3.63) is 39.9 Å². The predicted molar refractivity (Wildman–Crippen MR) is 71.8 cm³/mol. The van der Waals surface area contributed by atoms with E-state index in [1.807, 2.05) is 0 Å². The molecule has 0 amide bonds. The first-order chi connectivity index (χ1) is 8.93. The molecule has 1 rings (SSSR count). The van der Waals surface area contributed by atoms with Crippen LogP contribution in [0.15, 0.2) is 24.3 Å². The number of nitrogens with zero attached hydrogens (tertiary/aromatic N) is 1. The van der Waals surface area contributed by atoms with Crippen molar-refractivity contribution in [2.24, 2.45) is 0 Å². The molecule has 0 spiro atoms. The summed E-state index contributed by atoms with van der Waals surface area (Å²) < 4.78 is 0. The van der Waals surface area contributed by atoms with Crippen LogP contribution in [0.5, 0.6) is 0 Å². The Kier molecular flexibility index (Phi) is 5.94. The second-order valence-electron chi connectivity index (χ2n) is 3.96. The van der Waals surface area contributed by atoms with Crippen LogP contribution in [-0.2, 0) is 4.79 Å². The van der Waals surface area contributed by atoms with Crippen LogP contribution in [0.25, 0.3) is 0 Å². The summed E-state index contributed by atoms with van der Waals surface area (Å²) in [6.07, 6.45) is -2.31. The van der Waals surface area contributed by atoms with Crippen LogP contribution in [0, 0.1) is 10.1 Å². The summed E-state index contributed by atoms with van der Waals surface area (Å²) in [7, 11) is 0. The summed E-state index contributed by atoms with van der Waals surface area (Å²) in [5, 5.41) is 30.5. The quantitative estimate of drug-likeness (QED) is 0.609. The van der Waals surface area contributed by atoms with Crippen LogP contribution >= 0.6 is 11.8 Å². The van der Waals surface area contributed by atoms with Gasteiger partial charge in [-0.3, -0.25) is 14.9 Å². The Balaban J connectivity index is 2.73. The van der Waals surface area contributed by atoms with Gasteiger partial charge in [0.15, 0.2) is 5.12 Å². The predicted octanol–water partition coefficient (Wildman–Crippen LogP) is 1.66. The number of hydrogen-bond donors (Lipinski definition) is 2. The molecular weight excluding hydrogens is 270 g/mol. The lowest BCUT2D eigenvalue weighted by atomic mass is 10.0. The monoisotopic (exact) mass is 285 g/mol. The highest BCUT2D eigenvalue weighted by molar-refractivity contribution is 8.13. The Morgan fingerprint density at radius 1 is 1.42 bits per heavy atom. The average Bonchev–Trinajstić information content (AvgIpc) is 2.37. The maximum Gasteiger partial charge on any atom is 0.275 e. The molecular formula is C12H15NO5S. The number of thioether (sulfide) groups is 1. The molecule has 19 heavy (non-hydrogen) atoms. The van der Waals surface area contributed by atoms with E-state index in [0.717, 1.165) is 11.8 Å². The number of aliphatic hydroxyl groups is 2. The standard InChI is InChI=1S/C12H15NO5S/c1-8(14)19-7-6-11(15)12(16)9-4-2-3-5-10(9)13(17)18/h2-5,11-12,15-16H,6-7H2,1H3. The van der Waals surface area contributed by atoms with E-state index in [9.17, 15) is 25.1 Å². The second kappa shape index (κ2) is 7.22. The van der Waals surface area contributed by atoms with Crippen LogP contribution in [0.4, 0.5) is 5.69 Å². The minimum Gasteiger partial charge on any atom is -0.390 e. The number of carbonyl (C=O) groups is 1. The first-order valence-electron chi connectivity index (χ1n) is 5.66. The minimum atomic E-state index is -1.34. The molecule has 0 bridgehead atoms. The Bertz CT molecular complexity index is 465.